The summed E-state index contributed by atoms with van der Waals surface area (Å²) in [6, 6.07) is 0. The summed E-state index contributed by atoms with van der Waals surface area (Å²) in [4.78, 5) is 26.6. The third kappa shape index (κ3) is 5.46. The highest BCUT2D eigenvalue weighted by atomic mass is 16.6. The normalized spacial score (nSPS) is 40.7. The van der Waals surface area contributed by atoms with E-state index in [1.54, 1.807) is 0 Å². The summed E-state index contributed by atoms with van der Waals surface area (Å²) in [5.41, 5.74) is 0.0499. The van der Waals surface area contributed by atoms with Gasteiger partial charge < -0.3 is 9.47 Å². The number of unbranched alkanes of at least 4 members (excludes halogenated alkanes) is 12. The van der Waals surface area contributed by atoms with Crippen molar-refractivity contribution in [1.29, 1.82) is 0 Å². The lowest BCUT2D eigenvalue weighted by molar-refractivity contribution is -0.204. The van der Waals surface area contributed by atoms with Crippen LogP contribution in [0.1, 0.15) is 163 Å². The number of rotatable bonds is 15. The summed E-state index contributed by atoms with van der Waals surface area (Å²) >= 11 is 0. The molecule has 4 nitrogen and oxygen atoms in total. The molecule has 40 heavy (non-hydrogen) atoms. The Kier molecular flexibility index (Phi) is 9.17. The van der Waals surface area contributed by atoms with Crippen LogP contribution in [0.15, 0.2) is 0 Å². The van der Waals surface area contributed by atoms with E-state index in [4.69, 9.17) is 9.47 Å². The maximum absolute atomic E-state index is 13.7. The number of ketones is 1. The Balaban J connectivity index is 1.04. The molecule has 5 fully saturated rings. The van der Waals surface area contributed by atoms with Gasteiger partial charge >= 0.3 is 5.97 Å². The summed E-state index contributed by atoms with van der Waals surface area (Å²) in [6.45, 7) is 11.5. The predicted octanol–water partition coefficient (Wildman–Crippen LogP) is 9.37. The highest BCUT2D eigenvalue weighted by Crippen LogP contribution is 2.77. The van der Waals surface area contributed by atoms with Crippen LogP contribution in [0.4, 0.5) is 0 Å². The predicted molar refractivity (Wildman–Crippen MR) is 161 cm³/mol. The SMILES string of the molecule is CCCCCCCCCCCCCCCC(=O)O[C@@H]1C(=O)C[C@]2(C)[C@H](CC[C@@]34C[C@@H](CC[C@@H]23)[C@]2(C)O[C@H]42)C1(C)C. The molecule has 0 aromatic carbocycles. The number of fused-ring (bicyclic) bond motifs is 5. The van der Waals surface area contributed by atoms with Crippen LogP contribution in [0.25, 0.3) is 0 Å². The largest absolute Gasteiger partial charge is 0.454 e. The number of carbonyl (C=O) groups excluding carboxylic acids is 2. The van der Waals surface area contributed by atoms with Gasteiger partial charge in [-0.05, 0) is 68.6 Å². The Bertz CT molecular complexity index is 910. The van der Waals surface area contributed by atoms with E-state index >= 15 is 0 Å². The van der Waals surface area contributed by atoms with Crippen molar-refractivity contribution in [1.82, 2.24) is 0 Å². The van der Waals surface area contributed by atoms with Crippen molar-refractivity contribution in [3.05, 3.63) is 0 Å². The van der Waals surface area contributed by atoms with Crippen molar-refractivity contribution in [3.8, 4) is 0 Å². The summed E-state index contributed by atoms with van der Waals surface area (Å²) in [5, 5.41) is 0. The number of epoxide rings is 1. The highest BCUT2D eigenvalue weighted by Gasteiger charge is 2.79. The van der Waals surface area contributed by atoms with E-state index in [-0.39, 0.29) is 33.6 Å². The zero-order chi connectivity index (χ0) is 28.6. The Morgan fingerprint density at radius 3 is 2.05 bits per heavy atom. The maximum atomic E-state index is 13.7. The zero-order valence-electron chi connectivity index (χ0n) is 26.7. The van der Waals surface area contributed by atoms with Crippen LogP contribution in [0.3, 0.4) is 0 Å². The van der Waals surface area contributed by atoms with Crippen LogP contribution in [0.5, 0.6) is 0 Å². The van der Waals surface area contributed by atoms with E-state index in [2.05, 4.69) is 34.6 Å². The van der Waals surface area contributed by atoms with Crippen molar-refractivity contribution in [2.24, 2.45) is 34.0 Å². The summed E-state index contributed by atoms with van der Waals surface area (Å²) < 4.78 is 12.4. The lowest BCUT2D eigenvalue weighted by atomic mass is 9.40. The number of ether oxygens (including phenoxy) is 2. The van der Waals surface area contributed by atoms with Crippen molar-refractivity contribution < 1.29 is 19.1 Å². The number of esters is 1. The fourth-order valence-corrected chi connectivity index (χ4v) is 11.0. The molecule has 1 heterocycles. The van der Waals surface area contributed by atoms with Crippen LogP contribution < -0.4 is 0 Å². The van der Waals surface area contributed by atoms with Crippen molar-refractivity contribution in [2.75, 3.05) is 0 Å². The second-order valence-corrected chi connectivity index (χ2v) is 15.9. The molecule has 4 saturated carbocycles. The highest BCUT2D eigenvalue weighted by molar-refractivity contribution is 5.88. The molecule has 1 saturated heterocycles. The van der Waals surface area contributed by atoms with Gasteiger partial charge in [-0.15, -0.1) is 0 Å². The molecule has 5 aliphatic rings. The number of hydrogen-bond acceptors (Lipinski definition) is 4. The molecular formula is C36H60O4. The molecule has 0 unspecified atom stereocenters. The number of Topliss-reactive ketones (excluding diaryl/α,β-unsaturated/α-hetero) is 1. The summed E-state index contributed by atoms with van der Waals surface area (Å²) in [5.74, 6) is 1.67. The van der Waals surface area contributed by atoms with Crippen LogP contribution in [-0.4, -0.2) is 29.6 Å². The van der Waals surface area contributed by atoms with Gasteiger partial charge in [-0.1, -0.05) is 105 Å². The van der Waals surface area contributed by atoms with Gasteiger partial charge in [0.15, 0.2) is 11.9 Å². The number of hydrogen-bond donors (Lipinski definition) is 0. The lowest BCUT2D eigenvalue weighted by Crippen LogP contribution is -2.63. The topological polar surface area (TPSA) is 55.9 Å². The molecule has 8 atom stereocenters. The molecule has 1 aliphatic heterocycles. The van der Waals surface area contributed by atoms with Crippen LogP contribution >= 0.6 is 0 Å². The monoisotopic (exact) mass is 556 g/mol. The standard InChI is InChI=1S/C36H60O4/c1-6-7-8-9-10-11-12-13-14-15-16-17-18-19-30(38)39-31-27(37)25-34(4)28(33(31,2)3)22-23-36-24-26(20-21-29(34)36)35(5)32(36)40-35/h26,28-29,31-32H,6-25H2,1-5H3/t26-,28-,29+,31-,32+,34-,35+,36-/m1/s1. The molecule has 5 rings (SSSR count). The van der Waals surface area contributed by atoms with E-state index in [1.165, 1.54) is 96.3 Å². The Labute approximate surface area is 245 Å². The quantitative estimate of drug-likeness (QED) is 0.115. The smallest absolute Gasteiger partial charge is 0.306 e. The second-order valence-electron chi connectivity index (χ2n) is 15.9. The van der Waals surface area contributed by atoms with E-state index in [9.17, 15) is 9.59 Å². The summed E-state index contributed by atoms with van der Waals surface area (Å²) in [6.07, 6.45) is 23.8. The van der Waals surface area contributed by atoms with Crippen LogP contribution in [0.2, 0.25) is 0 Å². The van der Waals surface area contributed by atoms with Gasteiger partial charge in [0.2, 0.25) is 0 Å². The van der Waals surface area contributed by atoms with Crippen molar-refractivity contribution in [2.45, 2.75) is 181 Å². The molecule has 0 radical (unpaired) electrons. The summed E-state index contributed by atoms with van der Waals surface area (Å²) in [7, 11) is 0. The molecule has 0 aromatic rings. The third-order valence-corrected chi connectivity index (χ3v) is 12.9. The first-order chi connectivity index (χ1) is 19.1. The molecule has 228 valence electrons. The van der Waals surface area contributed by atoms with Gasteiger partial charge in [-0.2, -0.15) is 0 Å². The Hall–Kier alpha value is -0.900. The molecule has 0 aromatic heterocycles. The minimum atomic E-state index is -0.587. The van der Waals surface area contributed by atoms with E-state index in [0.717, 1.165) is 19.3 Å². The van der Waals surface area contributed by atoms with Gasteiger partial charge in [0.05, 0.1) is 11.7 Å². The van der Waals surface area contributed by atoms with E-state index in [1.807, 2.05) is 0 Å². The first kappa shape index (κ1) is 30.6. The maximum Gasteiger partial charge on any atom is 0.306 e. The second kappa shape index (κ2) is 12.0. The van der Waals surface area contributed by atoms with Gasteiger partial charge in [0.25, 0.3) is 0 Å². The molecule has 4 aliphatic carbocycles. The third-order valence-electron chi connectivity index (χ3n) is 12.9. The molecule has 0 amide bonds. The zero-order valence-corrected chi connectivity index (χ0v) is 26.7. The Morgan fingerprint density at radius 1 is 0.825 bits per heavy atom. The van der Waals surface area contributed by atoms with E-state index < -0.39 is 6.10 Å². The molecular weight excluding hydrogens is 496 g/mol. The van der Waals surface area contributed by atoms with Crippen LogP contribution in [0, 0.1) is 34.0 Å². The molecule has 2 bridgehead atoms. The lowest BCUT2D eigenvalue weighted by Gasteiger charge is -2.64. The minimum Gasteiger partial charge on any atom is -0.454 e. The van der Waals surface area contributed by atoms with Gasteiger partial charge in [0, 0.05) is 23.7 Å². The fourth-order valence-electron chi connectivity index (χ4n) is 11.0. The van der Waals surface area contributed by atoms with Gasteiger partial charge in [-0.25, -0.2) is 0 Å². The van der Waals surface area contributed by atoms with Crippen molar-refractivity contribution in [3.63, 3.8) is 0 Å². The van der Waals surface area contributed by atoms with Gasteiger partial charge in [0.1, 0.15) is 0 Å². The van der Waals surface area contributed by atoms with E-state index in [0.29, 0.717) is 36.7 Å². The van der Waals surface area contributed by atoms with Gasteiger partial charge in [-0.3, -0.25) is 9.59 Å². The average Bonchev–Trinajstić information content (AvgIpc) is 3.58. The molecule has 0 N–H and O–H groups in total. The molecule has 1 spiro atoms. The van der Waals surface area contributed by atoms with Crippen LogP contribution in [-0.2, 0) is 19.1 Å². The van der Waals surface area contributed by atoms with Crippen molar-refractivity contribution >= 4 is 11.8 Å². The first-order valence-electron chi connectivity index (χ1n) is 17.5. The minimum absolute atomic E-state index is 0.0149. The molecule has 4 heteroatoms. The Morgan fingerprint density at radius 2 is 1.43 bits per heavy atom. The number of carbonyl (C=O) groups is 2. The fraction of sp³-hybridized carbons (Fsp3) is 0.944. The first-order valence-corrected chi connectivity index (χ1v) is 17.5. The average molecular weight is 557 g/mol.